The van der Waals surface area contributed by atoms with Crippen LogP contribution in [0.1, 0.15) is 38.2 Å². The number of esters is 1. The van der Waals surface area contributed by atoms with Crippen molar-refractivity contribution in [2.45, 2.75) is 32.6 Å². The second-order valence-electron chi connectivity index (χ2n) is 8.89. The number of allylic oxidation sites excluding steroid dienone is 2. The van der Waals surface area contributed by atoms with Crippen LogP contribution in [-0.2, 0) is 14.3 Å². The van der Waals surface area contributed by atoms with Gasteiger partial charge in [0, 0.05) is 27.9 Å². The zero-order chi connectivity index (χ0) is 23.2. The zero-order valence-electron chi connectivity index (χ0n) is 18.1. The molecule has 166 valence electrons. The second kappa shape index (κ2) is 8.20. The number of halogens is 2. The Kier molecular flexibility index (Phi) is 5.71. The van der Waals surface area contributed by atoms with Crippen molar-refractivity contribution >= 4 is 33.4 Å². The molecule has 0 saturated heterocycles. The Morgan fingerprint density at radius 3 is 2.34 bits per heavy atom. The fourth-order valence-corrected chi connectivity index (χ4v) is 4.86. The van der Waals surface area contributed by atoms with Crippen molar-refractivity contribution < 1.29 is 18.7 Å². The minimum Gasteiger partial charge on any atom is -0.466 e. The summed E-state index contributed by atoms with van der Waals surface area (Å²) in [7, 11) is 1.29. The molecule has 0 radical (unpaired) electrons. The molecule has 2 aromatic carbocycles. The maximum Gasteiger partial charge on any atom is 0.338 e. The summed E-state index contributed by atoms with van der Waals surface area (Å²) in [6, 6.07) is 13.3. The largest absolute Gasteiger partial charge is 0.466 e. The van der Waals surface area contributed by atoms with E-state index in [1.165, 1.54) is 19.2 Å². The van der Waals surface area contributed by atoms with Crippen molar-refractivity contribution in [3.05, 3.63) is 87.0 Å². The quantitative estimate of drug-likeness (QED) is 0.590. The average molecular weight is 499 g/mol. The number of rotatable bonds is 3. The molecule has 1 heterocycles. The van der Waals surface area contributed by atoms with Crippen molar-refractivity contribution in [3.8, 4) is 0 Å². The first kappa shape index (κ1) is 22.3. The van der Waals surface area contributed by atoms with Gasteiger partial charge in [0.05, 0.1) is 18.6 Å². The number of ketones is 1. The Morgan fingerprint density at radius 1 is 1.12 bits per heavy atom. The topological polar surface area (TPSA) is 72.6 Å². The fourth-order valence-electron chi connectivity index (χ4n) is 4.59. The van der Waals surface area contributed by atoms with Crippen molar-refractivity contribution in [1.82, 2.24) is 0 Å². The third kappa shape index (κ3) is 3.86. The van der Waals surface area contributed by atoms with Gasteiger partial charge in [0.1, 0.15) is 11.6 Å². The van der Waals surface area contributed by atoms with E-state index in [0.29, 0.717) is 24.1 Å². The smallest absolute Gasteiger partial charge is 0.338 e. The molecule has 32 heavy (non-hydrogen) atoms. The highest BCUT2D eigenvalue weighted by molar-refractivity contribution is 9.10. The number of methoxy groups -OCH3 is 1. The van der Waals surface area contributed by atoms with E-state index >= 15 is 0 Å². The number of hydrogen-bond acceptors (Lipinski definition) is 5. The lowest BCUT2D eigenvalue weighted by Gasteiger charge is -2.44. The van der Waals surface area contributed by atoms with Crippen LogP contribution in [0.2, 0.25) is 0 Å². The van der Waals surface area contributed by atoms with E-state index in [0.717, 1.165) is 15.7 Å². The number of Topliss-reactive ketones (excluding diaryl/α,β-unsaturated/α-hetero) is 1. The molecule has 1 aliphatic carbocycles. The number of nitrogens with two attached hydrogens (primary N) is 1. The average Bonchev–Trinajstić information content (AvgIpc) is 2.73. The molecule has 0 amide bonds. The summed E-state index contributed by atoms with van der Waals surface area (Å²) >= 11 is 3.43. The summed E-state index contributed by atoms with van der Waals surface area (Å²) < 4.78 is 19.6. The summed E-state index contributed by atoms with van der Waals surface area (Å²) in [5.74, 6) is -1.49. The first-order valence-corrected chi connectivity index (χ1v) is 11.1. The van der Waals surface area contributed by atoms with Crippen LogP contribution in [0, 0.1) is 11.2 Å². The first-order valence-electron chi connectivity index (χ1n) is 10.3. The lowest BCUT2D eigenvalue weighted by molar-refractivity contribution is -0.136. The Labute approximate surface area is 194 Å². The van der Waals surface area contributed by atoms with Gasteiger partial charge in [0.2, 0.25) is 0 Å². The second-order valence-corrected chi connectivity index (χ2v) is 9.80. The van der Waals surface area contributed by atoms with Crippen molar-refractivity contribution in [2.75, 3.05) is 12.0 Å². The third-order valence-electron chi connectivity index (χ3n) is 5.95. The highest BCUT2D eigenvalue weighted by Crippen LogP contribution is 2.50. The third-order valence-corrected chi connectivity index (χ3v) is 6.48. The first-order chi connectivity index (χ1) is 15.1. The molecule has 4 rings (SSSR count). The molecule has 5 nitrogen and oxygen atoms in total. The van der Waals surface area contributed by atoms with Gasteiger partial charge in [-0.3, -0.25) is 9.69 Å². The van der Waals surface area contributed by atoms with Gasteiger partial charge in [-0.1, -0.05) is 41.9 Å². The minimum atomic E-state index is -0.647. The molecule has 7 heteroatoms. The molecule has 0 saturated carbocycles. The van der Waals surface area contributed by atoms with E-state index in [1.54, 1.807) is 17.0 Å². The summed E-state index contributed by atoms with van der Waals surface area (Å²) in [5, 5.41) is 0. The van der Waals surface area contributed by atoms with Crippen LogP contribution in [0.3, 0.4) is 0 Å². The highest BCUT2D eigenvalue weighted by atomic mass is 79.9. The normalized spacial score (nSPS) is 20.3. The van der Waals surface area contributed by atoms with Gasteiger partial charge in [-0.25, -0.2) is 9.18 Å². The van der Waals surface area contributed by atoms with Crippen LogP contribution in [-0.4, -0.2) is 18.9 Å². The standard InChI is InChI=1S/C25H24BrFN2O3/c1-25(2)12-18-21(19(30)13-25)20(14-4-6-15(26)7-5-14)22(24(31)32-3)23(28)29(18)17-10-8-16(27)9-11-17/h4-11,20H,12-13,28H2,1-3H3. The minimum absolute atomic E-state index is 0.0369. The van der Waals surface area contributed by atoms with Crippen LogP contribution in [0.4, 0.5) is 10.1 Å². The van der Waals surface area contributed by atoms with E-state index in [4.69, 9.17) is 10.5 Å². The van der Waals surface area contributed by atoms with Gasteiger partial charge in [0.25, 0.3) is 0 Å². The van der Waals surface area contributed by atoms with Crippen LogP contribution in [0.15, 0.2) is 75.7 Å². The number of anilines is 1. The number of carbonyl (C=O) groups excluding carboxylic acids is 2. The van der Waals surface area contributed by atoms with Gasteiger partial charge >= 0.3 is 5.97 Å². The molecule has 0 fully saturated rings. The molecule has 2 N–H and O–H groups in total. The summed E-state index contributed by atoms with van der Waals surface area (Å²) in [6.45, 7) is 4.06. The van der Waals surface area contributed by atoms with Crippen LogP contribution in [0.5, 0.6) is 0 Å². The van der Waals surface area contributed by atoms with Gasteiger partial charge < -0.3 is 10.5 Å². The SMILES string of the molecule is COC(=O)C1=C(N)N(c2ccc(F)cc2)C2=C(C(=O)CC(C)(C)C2)C1c1ccc(Br)cc1. The van der Waals surface area contributed by atoms with Crippen molar-refractivity contribution in [2.24, 2.45) is 11.1 Å². The van der Waals surface area contributed by atoms with Gasteiger partial charge in [-0.2, -0.15) is 0 Å². The lowest BCUT2D eigenvalue weighted by Crippen LogP contribution is -2.43. The Balaban J connectivity index is 2.02. The number of ether oxygens (including phenoxy) is 1. The van der Waals surface area contributed by atoms with Gasteiger partial charge in [-0.15, -0.1) is 0 Å². The summed E-state index contributed by atoms with van der Waals surface area (Å²) in [6.07, 6.45) is 0.929. The molecule has 0 aromatic heterocycles. The van der Waals surface area contributed by atoms with E-state index in [2.05, 4.69) is 15.9 Å². The molecule has 1 unspecified atom stereocenters. The monoisotopic (exact) mass is 498 g/mol. The number of carbonyl (C=O) groups is 2. The molecule has 2 aliphatic rings. The molecular formula is C25H24BrFN2O3. The fraction of sp³-hybridized carbons (Fsp3) is 0.280. The summed E-state index contributed by atoms with van der Waals surface area (Å²) in [5.41, 5.74) is 9.15. The molecule has 1 aliphatic heterocycles. The van der Waals surface area contributed by atoms with Gasteiger partial charge in [0.15, 0.2) is 5.78 Å². The van der Waals surface area contributed by atoms with Gasteiger partial charge in [-0.05, 0) is 53.8 Å². The summed E-state index contributed by atoms with van der Waals surface area (Å²) in [4.78, 5) is 28.2. The maximum absolute atomic E-state index is 13.6. The number of benzene rings is 2. The molecule has 0 bridgehead atoms. The lowest BCUT2D eigenvalue weighted by atomic mass is 9.68. The Hall–Kier alpha value is -2.93. The highest BCUT2D eigenvalue weighted by Gasteiger charge is 2.46. The van der Waals surface area contributed by atoms with E-state index in [9.17, 15) is 14.0 Å². The van der Waals surface area contributed by atoms with Crippen LogP contribution >= 0.6 is 15.9 Å². The Bertz CT molecular complexity index is 1150. The van der Waals surface area contributed by atoms with Crippen molar-refractivity contribution in [1.29, 1.82) is 0 Å². The molecular weight excluding hydrogens is 475 g/mol. The molecule has 1 atom stereocenters. The van der Waals surface area contributed by atoms with E-state index in [-0.39, 0.29) is 28.4 Å². The molecule has 0 spiro atoms. The maximum atomic E-state index is 13.6. The predicted molar refractivity (Wildman–Crippen MR) is 124 cm³/mol. The van der Waals surface area contributed by atoms with E-state index in [1.807, 2.05) is 38.1 Å². The number of nitrogens with zero attached hydrogens (tertiary/aromatic N) is 1. The predicted octanol–water partition coefficient (Wildman–Crippen LogP) is 5.18. The van der Waals surface area contributed by atoms with Crippen LogP contribution in [0.25, 0.3) is 0 Å². The molecule has 2 aromatic rings. The van der Waals surface area contributed by atoms with Crippen molar-refractivity contribution in [3.63, 3.8) is 0 Å². The van der Waals surface area contributed by atoms with E-state index < -0.39 is 11.9 Å². The number of hydrogen-bond donors (Lipinski definition) is 1. The zero-order valence-corrected chi connectivity index (χ0v) is 19.7. The van der Waals surface area contributed by atoms with Crippen LogP contribution < -0.4 is 10.6 Å². The Morgan fingerprint density at radius 2 is 1.75 bits per heavy atom.